The number of hydrogen-bond donors (Lipinski definition) is 0. The minimum atomic E-state index is 0.851. The van der Waals surface area contributed by atoms with E-state index in [0.29, 0.717) is 0 Å². The summed E-state index contributed by atoms with van der Waals surface area (Å²) in [7, 11) is 1.68. The van der Waals surface area contributed by atoms with Gasteiger partial charge < -0.3 is 9.30 Å². The van der Waals surface area contributed by atoms with Gasteiger partial charge in [0.05, 0.1) is 23.8 Å². The number of aromatic nitrogens is 2. The van der Waals surface area contributed by atoms with Crippen LogP contribution >= 0.6 is 0 Å². The molecule has 0 amide bonds. The second-order valence-corrected chi connectivity index (χ2v) is 7.31. The van der Waals surface area contributed by atoms with Gasteiger partial charge in [0.15, 0.2) is 0 Å². The van der Waals surface area contributed by atoms with Crippen LogP contribution in [0, 0.1) is 0 Å². The van der Waals surface area contributed by atoms with E-state index >= 15 is 0 Å². The predicted octanol–water partition coefficient (Wildman–Crippen LogP) is 7.00. The molecule has 3 aromatic carbocycles. The van der Waals surface area contributed by atoms with E-state index in [1.165, 1.54) is 10.8 Å². The maximum Gasteiger partial charge on any atom is 0.118 e. The summed E-state index contributed by atoms with van der Waals surface area (Å²) in [6.07, 6.45) is 10.3. The number of methoxy groups -OCH3 is 1. The van der Waals surface area contributed by atoms with Crippen molar-refractivity contribution in [2.24, 2.45) is 0 Å². The summed E-state index contributed by atoms with van der Waals surface area (Å²) < 4.78 is 7.49. The van der Waals surface area contributed by atoms with Crippen molar-refractivity contribution < 1.29 is 4.74 Å². The highest BCUT2D eigenvalue weighted by molar-refractivity contribution is 6.11. The summed E-state index contributed by atoms with van der Waals surface area (Å²) in [5.74, 6) is 0.851. The van der Waals surface area contributed by atoms with Gasteiger partial charge in [-0.1, -0.05) is 66.7 Å². The van der Waals surface area contributed by atoms with Gasteiger partial charge in [-0.05, 0) is 47.5 Å². The second-order valence-electron chi connectivity index (χ2n) is 7.31. The SMILES string of the molecule is COc1ccc(/C=C/c2nccc3c4ccccc4n(/C=C/c4ccccc4)c23)cc1. The Morgan fingerprint density at radius 2 is 1.45 bits per heavy atom. The molecule has 31 heavy (non-hydrogen) atoms. The molecular weight excluding hydrogens is 380 g/mol. The monoisotopic (exact) mass is 402 g/mol. The fraction of sp³-hybridized carbons (Fsp3) is 0.0357. The lowest BCUT2D eigenvalue weighted by molar-refractivity contribution is 0.415. The Labute approximate surface area is 181 Å². The van der Waals surface area contributed by atoms with Crippen LogP contribution in [0.5, 0.6) is 5.75 Å². The molecular formula is C28H22N2O. The number of para-hydroxylation sites is 1. The predicted molar refractivity (Wildman–Crippen MR) is 131 cm³/mol. The van der Waals surface area contributed by atoms with Gasteiger partial charge in [-0.25, -0.2) is 0 Å². The molecule has 150 valence electrons. The van der Waals surface area contributed by atoms with Crippen LogP contribution in [-0.4, -0.2) is 16.7 Å². The molecule has 3 heteroatoms. The Bertz CT molecular complexity index is 1390. The molecule has 0 fully saturated rings. The first-order chi connectivity index (χ1) is 15.3. The van der Waals surface area contributed by atoms with Crippen molar-refractivity contribution in [1.82, 2.24) is 9.55 Å². The van der Waals surface area contributed by atoms with Crippen molar-refractivity contribution in [2.45, 2.75) is 0 Å². The van der Waals surface area contributed by atoms with E-state index in [0.717, 1.165) is 33.6 Å². The standard InChI is InChI=1S/C28H22N2O/c1-31-23-14-11-22(12-15-23)13-16-26-28-25(17-19-29-26)24-9-5-6-10-27(24)30(28)20-18-21-7-3-2-4-8-21/h2-20H,1H3/b16-13+,20-18+. The Kier molecular flexibility index (Phi) is 5.07. The van der Waals surface area contributed by atoms with Crippen LogP contribution in [0.4, 0.5) is 0 Å². The highest BCUT2D eigenvalue weighted by Gasteiger charge is 2.12. The molecule has 0 N–H and O–H groups in total. The summed E-state index contributed by atoms with van der Waals surface area (Å²) in [6.45, 7) is 0. The van der Waals surface area contributed by atoms with E-state index in [4.69, 9.17) is 9.72 Å². The molecule has 0 saturated carbocycles. The highest BCUT2D eigenvalue weighted by atomic mass is 16.5. The van der Waals surface area contributed by atoms with Gasteiger partial charge in [0.25, 0.3) is 0 Å². The average Bonchev–Trinajstić information content (AvgIpc) is 3.17. The number of fused-ring (bicyclic) bond motifs is 3. The molecule has 0 bridgehead atoms. The molecule has 2 aromatic heterocycles. The lowest BCUT2D eigenvalue weighted by atomic mass is 10.1. The van der Waals surface area contributed by atoms with Gasteiger partial charge >= 0.3 is 0 Å². The number of pyridine rings is 1. The zero-order valence-corrected chi connectivity index (χ0v) is 17.3. The topological polar surface area (TPSA) is 27.1 Å². The Hall–Kier alpha value is -4.11. The first-order valence-electron chi connectivity index (χ1n) is 10.3. The molecule has 5 rings (SSSR count). The van der Waals surface area contributed by atoms with E-state index in [2.05, 4.69) is 83.6 Å². The van der Waals surface area contributed by atoms with Crippen LogP contribution in [-0.2, 0) is 0 Å². The summed E-state index contributed by atoms with van der Waals surface area (Å²) in [4.78, 5) is 4.70. The minimum absolute atomic E-state index is 0.851. The van der Waals surface area contributed by atoms with Gasteiger partial charge in [-0.2, -0.15) is 0 Å². The molecule has 0 aliphatic carbocycles. The molecule has 0 radical (unpaired) electrons. The average molecular weight is 402 g/mol. The van der Waals surface area contributed by atoms with E-state index < -0.39 is 0 Å². The summed E-state index contributed by atoms with van der Waals surface area (Å²) >= 11 is 0. The van der Waals surface area contributed by atoms with Crippen LogP contribution in [0.15, 0.2) is 91.1 Å². The Balaban J connectivity index is 1.65. The normalized spacial score (nSPS) is 11.8. The smallest absolute Gasteiger partial charge is 0.118 e. The number of nitrogens with zero attached hydrogens (tertiary/aromatic N) is 2. The zero-order valence-electron chi connectivity index (χ0n) is 17.3. The van der Waals surface area contributed by atoms with Gasteiger partial charge in [0, 0.05) is 23.2 Å². The van der Waals surface area contributed by atoms with Crippen LogP contribution < -0.4 is 4.74 Å². The molecule has 0 aliphatic rings. The largest absolute Gasteiger partial charge is 0.497 e. The number of rotatable bonds is 5. The molecule has 0 spiro atoms. The highest BCUT2D eigenvalue weighted by Crippen LogP contribution is 2.31. The van der Waals surface area contributed by atoms with Crippen LogP contribution in [0.25, 0.3) is 46.2 Å². The molecule has 5 aromatic rings. The molecule has 0 atom stereocenters. The van der Waals surface area contributed by atoms with E-state index in [1.807, 2.05) is 36.5 Å². The van der Waals surface area contributed by atoms with E-state index in [9.17, 15) is 0 Å². The first kappa shape index (κ1) is 18.9. The third kappa shape index (κ3) is 3.74. The van der Waals surface area contributed by atoms with Crippen molar-refractivity contribution in [3.8, 4) is 5.75 Å². The van der Waals surface area contributed by atoms with Gasteiger partial charge in [0.2, 0.25) is 0 Å². The minimum Gasteiger partial charge on any atom is -0.497 e. The summed E-state index contributed by atoms with van der Waals surface area (Å²) in [5.41, 5.74) is 5.45. The van der Waals surface area contributed by atoms with Crippen molar-refractivity contribution in [3.05, 3.63) is 108 Å². The van der Waals surface area contributed by atoms with E-state index in [1.54, 1.807) is 7.11 Å². The third-order valence-electron chi connectivity index (χ3n) is 5.41. The maximum absolute atomic E-state index is 5.26. The summed E-state index contributed by atoms with van der Waals surface area (Å²) in [6, 6.07) is 28.9. The lowest BCUT2D eigenvalue weighted by Crippen LogP contribution is -1.91. The lowest BCUT2D eigenvalue weighted by Gasteiger charge is -2.04. The van der Waals surface area contributed by atoms with Gasteiger partial charge in [-0.15, -0.1) is 0 Å². The van der Waals surface area contributed by atoms with Crippen molar-refractivity contribution >= 4 is 46.2 Å². The Morgan fingerprint density at radius 1 is 0.710 bits per heavy atom. The maximum atomic E-state index is 5.26. The number of hydrogen-bond acceptors (Lipinski definition) is 2. The van der Waals surface area contributed by atoms with Gasteiger partial charge in [-0.3, -0.25) is 4.98 Å². The van der Waals surface area contributed by atoms with Crippen molar-refractivity contribution in [2.75, 3.05) is 7.11 Å². The van der Waals surface area contributed by atoms with Crippen LogP contribution in [0.3, 0.4) is 0 Å². The van der Waals surface area contributed by atoms with Crippen LogP contribution in [0.2, 0.25) is 0 Å². The van der Waals surface area contributed by atoms with Gasteiger partial charge in [0.1, 0.15) is 5.75 Å². The molecule has 0 saturated heterocycles. The molecule has 2 heterocycles. The molecule has 3 nitrogen and oxygen atoms in total. The number of benzene rings is 3. The molecule has 0 unspecified atom stereocenters. The quantitative estimate of drug-likeness (QED) is 0.316. The fourth-order valence-electron chi connectivity index (χ4n) is 3.86. The van der Waals surface area contributed by atoms with E-state index in [-0.39, 0.29) is 0 Å². The Morgan fingerprint density at radius 3 is 2.26 bits per heavy atom. The summed E-state index contributed by atoms with van der Waals surface area (Å²) in [5, 5.41) is 2.41. The number of ether oxygens (including phenoxy) is 1. The second kappa shape index (κ2) is 8.33. The third-order valence-corrected chi connectivity index (χ3v) is 5.41. The fourth-order valence-corrected chi connectivity index (χ4v) is 3.86. The van der Waals surface area contributed by atoms with Crippen molar-refractivity contribution in [1.29, 1.82) is 0 Å². The zero-order chi connectivity index (χ0) is 21.0. The molecule has 0 aliphatic heterocycles. The van der Waals surface area contributed by atoms with Crippen molar-refractivity contribution in [3.63, 3.8) is 0 Å². The van der Waals surface area contributed by atoms with Crippen LogP contribution in [0.1, 0.15) is 16.8 Å². The first-order valence-corrected chi connectivity index (χ1v) is 10.3.